The number of nitrogens with one attached hydrogen (secondary N) is 3. The fourth-order valence-corrected chi connectivity index (χ4v) is 1.01. The van der Waals surface area contributed by atoms with Gasteiger partial charge >= 0.3 is 0 Å². The van der Waals surface area contributed by atoms with E-state index in [0.717, 1.165) is 6.54 Å². The van der Waals surface area contributed by atoms with Crippen LogP contribution in [0.5, 0.6) is 5.75 Å². The second-order valence-electron chi connectivity index (χ2n) is 2.64. The van der Waals surface area contributed by atoms with Crippen LogP contribution in [-0.4, -0.2) is 37.2 Å². The highest BCUT2D eigenvalue weighted by molar-refractivity contribution is 5.47. The zero-order chi connectivity index (χ0) is 10.4. The van der Waals surface area contributed by atoms with Crippen molar-refractivity contribution in [3.63, 3.8) is 0 Å². The van der Waals surface area contributed by atoms with Crippen LogP contribution in [0.3, 0.4) is 0 Å². The van der Waals surface area contributed by atoms with E-state index in [2.05, 4.69) is 20.6 Å². The highest BCUT2D eigenvalue weighted by Crippen LogP contribution is 2.12. The summed E-state index contributed by atoms with van der Waals surface area (Å²) in [4.78, 5) is 17.6. The molecule has 1 rings (SSSR count). The molecule has 0 amide bonds. The van der Waals surface area contributed by atoms with Gasteiger partial charge in [0.25, 0.3) is 5.56 Å². The maximum absolute atomic E-state index is 11.2. The Morgan fingerprint density at radius 2 is 2.36 bits per heavy atom. The number of aromatic amines is 1. The molecule has 3 N–H and O–H groups in total. The Kier molecular flexibility index (Phi) is 3.93. The fourth-order valence-electron chi connectivity index (χ4n) is 1.01. The van der Waals surface area contributed by atoms with Crippen molar-refractivity contribution >= 4 is 5.82 Å². The van der Waals surface area contributed by atoms with Gasteiger partial charge in [-0.05, 0) is 7.05 Å². The molecule has 1 aromatic rings. The van der Waals surface area contributed by atoms with Gasteiger partial charge in [0, 0.05) is 13.1 Å². The minimum atomic E-state index is -0.283. The lowest BCUT2D eigenvalue weighted by Crippen LogP contribution is -2.20. The molecular formula is C8H14N4O2. The smallest absolute Gasteiger partial charge is 0.295 e. The number of hydrogen-bond donors (Lipinski definition) is 3. The van der Waals surface area contributed by atoms with E-state index >= 15 is 0 Å². The number of nitrogens with zero attached hydrogens (tertiary/aromatic N) is 1. The van der Waals surface area contributed by atoms with Gasteiger partial charge in [0.2, 0.25) is 5.75 Å². The zero-order valence-corrected chi connectivity index (χ0v) is 8.26. The van der Waals surface area contributed by atoms with Crippen molar-refractivity contribution in [1.82, 2.24) is 15.3 Å². The van der Waals surface area contributed by atoms with Crippen LogP contribution in [0, 0.1) is 0 Å². The lowest BCUT2D eigenvalue weighted by atomic mass is 10.5. The largest absolute Gasteiger partial charge is 0.489 e. The predicted molar refractivity (Wildman–Crippen MR) is 53.8 cm³/mol. The number of hydrogen-bond acceptors (Lipinski definition) is 5. The van der Waals surface area contributed by atoms with Gasteiger partial charge in [0.05, 0.1) is 13.4 Å². The molecular weight excluding hydrogens is 184 g/mol. The molecule has 0 saturated heterocycles. The Labute approximate surface area is 81.7 Å². The first kappa shape index (κ1) is 10.5. The Hall–Kier alpha value is -1.56. The van der Waals surface area contributed by atoms with Crippen LogP contribution in [0.1, 0.15) is 0 Å². The maximum atomic E-state index is 11.2. The van der Waals surface area contributed by atoms with Gasteiger partial charge in [-0.2, -0.15) is 0 Å². The van der Waals surface area contributed by atoms with Gasteiger partial charge in [-0.3, -0.25) is 4.79 Å². The van der Waals surface area contributed by atoms with Crippen molar-refractivity contribution in [3.8, 4) is 5.75 Å². The quantitative estimate of drug-likeness (QED) is 0.551. The molecule has 0 spiro atoms. The Balaban J connectivity index is 2.75. The van der Waals surface area contributed by atoms with Crippen molar-refractivity contribution in [2.45, 2.75) is 0 Å². The van der Waals surface area contributed by atoms with Crippen molar-refractivity contribution in [1.29, 1.82) is 0 Å². The van der Waals surface area contributed by atoms with Crippen LogP contribution in [-0.2, 0) is 0 Å². The first-order chi connectivity index (χ1) is 6.79. The lowest BCUT2D eigenvalue weighted by Gasteiger charge is -2.07. The summed E-state index contributed by atoms with van der Waals surface area (Å²) in [7, 11) is 3.29. The van der Waals surface area contributed by atoms with E-state index in [4.69, 9.17) is 4.74 Å². The molecule has 0 aromatic carbocycles. The first-order valence-corrected chi connectivity index (χ1v) is 4.29. The van der Waals surface area contributed by atoms with E-state index in [1.54, 1.807) is 0 Å². The fraction of sp³-hybridized carbons (Fsp3) is 0.500. The molecule has 6 heteroatoms. The lowest BCUT2D eigenvalue weighted by molar-refractivity contribution is 0.408. The standard InChI is InChI=1S/C8H14N4O2/c1-9-3-4-10-7-6(14-2)8(13)12-5-11-7/h5,9H,3-4H2,1-2H3,(H2,10,11,12,13). The van der Waals surface area contributed by atoms with Crippen LogP contribution in [0.15, 0.2) is 11.1 Å². The summed E-state index contributed by atoms with van der Waals surface area (Å²) in [6.45, 7) is 1.47. The molecule has 0 saturated carbocycles. The third-order valence-corrected chi connectivity index (χ3v) is 1.68. The van der Waals surface area contributed by atoms with Crippen LogP contribution >= 0.6 is 0 Å². The van der Waals surface area contributed by atoms with Crippen molar-refractivity contribution in [2.75, 3.05) is 32.6 Å². The summed E-state index contributed by atoms with van der Waals surface area (Å²) < 4.78 is 4.92. The summed E-state index contributed by atoms with van der Waals surface area (Å²) in [6.07, 6.45) is 1.34. The van der Waals surface area contributed by atoms with Crippen LogP contribution in [0.2, 0.25) is 0 Å². The maximum Gasteiger partial charge on any atom is 0.295 e. The Morgan fingerprint density at radius 3 is 3.00 bits per heavy atom. The topological polar surface area (TPSA) is 79.0 Å². The molecule has 0 radical (unpaired) electrons. The number of ether oxygens (including phenoxy) is 1. The van der Waals surface area contributed by atoms with Crippen LogP contribution in [0.25, 0.3) is 0 Å². The number of likely N-dealkylation sites (N-methyl/N-ethyl adjacent to an activating group) is 1. The van der Waals surface area contributed by atoms with Gasteiger partial charge in [-0.15, -0.1) is 0 Å². The third-order valence-electron chi connectivity index (χ3n) is 1.68. The van der Waals surface area contributed by atoms with E-state index in [-0.39, 0.29) is 11.3 Å². The molecule has 6 nitrogen and oxygen atoms in total. The molecule has 0 aliphatic heterocycles. The summed E-state index contributed by atoms with van der Waals surface area (Å²) in [5.74, 6) is 0.676. The average Bonchev–Trinajstić information content (AvgIpc) is 2.18. The van der Waals surface area contributed by atoms with Crippen LogP contribution in [0.4, 0.5) is 5.82 Å². The number of H-pyrrole nitrogens is 1. The monoisotopic (exact) mass is 198 g/mol. The van der Waals surface area contributed by atoms with Gasteiger partial charge in [0.1, 0.15) is 0 Å². The molecule has 0 bridgehead atoms. The summed E-state index contributed by atoms with van der Waals surface area (Å²) in [6, 6.07) is 0. The zero-order valence-electron chi connectivity index (χ0n) is 8.26. The first-order valence-electron chi connectivity index (χ1n) is 4.29. The second-order valence-corrected chi connectivity index (χ2v) is 2.64. The summed E-state index contributed by atoms with van der Waals surface area (Å²) in [5, 5.41) is 5.96. The van der Waals surface area contributed by atoms with Crippen molar-refractivity contribution in [2.24, 2.45) is 0 Å². The minimum absolute atomic E-state index is 0.212. The van der Waals surface area contributed by atoms with Gasteiger partial charge in [-0.25, -0.2) is 4.98 Å². The molecule has 1 aromatic heterocycles. The highest BCUT2D eigenvalue weighted by atomic mass is 16.5. The normalized spacial score (nSPS) is 9.86. The van der Waals surface area contributed by atoms with Gasteiger partial charge in [0.15, 0.2) is 5.82 Å². The highest BCUT2D eigenvalue weighted by Gasteiger charge is 2.06. The number of methoxy groups -OCH3 is 1. The molecule has 14 heavy (non-hydrogen) atoms. The number of aromatic nitrogens is 2. The molecule has 0 aliphatic rings. The van der Waals surface area contributed by atoms with E-state index in [1.165, 1.54) is 13.4 Å². The average molecular weight is 198 g/mol. The van der Waals surface area contributed by atoms with Crippen LogP contribution < -0.4 is 20.9 Å². The van der Waals surface area contributed by atoms with E-state index < -0.39 is 0 Å². The number of anilines is 1. The molecule has 1 heterocycles. The van der Waals surface area contributed by atoms with Crippen molar-refractivity contribution in [3.05, 3.63) is 16.7 Å². The Morgan fingerprint density at radius 1 is 1.57 bits per heavy atom. The second kappa shape index (κ2) is 5.23. The van der Waals surface area contributed by atoms with E-state index in [1.807, 2.05) is 7.05 Å². The van der Waals surface area contributed by atoms with E-state index in [9.17, 15) is 4.79 Å². The van der Waals surface area contributed by atoms with Gasteiger partial charge < -0.3 is 20.4 Å². The predicted octanol–water partition coefficient (Wildman–Crippen LogP) is -0.590. The van der Waals surface area contributed by atoms with Gasteiger partial charge in [-0.1, -0.05) is 0 Å². The number of rotatable bonds is 5. The molecule has 0 fully saturated rings. The van der Waals surface area contributed by atoms with Crippen molar-refractivity contribution < 1.29 is 4.74 Å². The molecule has 0 aliphatic carbocycles. The summed E-state index contributed by atoms with van der Waals surface area (Å²) >= 11 is 0. The third kappa shape index (κ3) is 2.46. The Bertz CT molecular complexity index is 336. The minimum Gasteiger partial charge on any atom is -0.489 e. The SMILES string of the molecule is CNCCNc1nc[nH]c(=O)c1OC. The molecule has 78 valence electrons. The van der Waals surface area contributed by atoms with E-state index in [0.29, 0.717) is 12.4 Å². The summed E-state index contributed by atoms with van der Waals surface area (Å²) in [5.41, 5.74) is -0.283. The molecule has 0 unspecified atom stereocenters. The molecule has 0 atom stereocenters.